The lowest BCUT2D eigenvalue weighted by molar-refractivity contribution is -0.140. The molecule has 118 valence electrons. The number of aromatic nitrogens is 2. The topological polar surface area (TPSA) is 55.1 Å². The molecule has 0 spiro atoms. The zero-order chi connectivity index (χ0) is 16.6. The molecule has 4 heteroatoms. The lowest BCUT2D eigenvalue weighted by Crippen LogP contribution is -2.19. The van der Waals surface area contributed by atoms with Crippen LogP contribution in [0.25, 0.3) is 22.4 Å². The maximum absolute atomic E-state index is 11.7. The summed E-state index contributed by atoms with van der Waals surface area (Å²) in [6.45, 7) is 6.01. The molecule has 2 aromatic carbocycles. The van der Waals surface area contributed by atoms with Crippen LogP contribution < -0.4 is 0 Å². The van der Waals surface area contributed by atoms with Gasteiger partial charge in [0.15, 0.2) is 0 Å². The molecule has 1 unspecified atom stereocenters. The van der Waals surface area contributed by atoms with E-state index >= 15 is 0 Å². The molecule has 0 aliphatic rings. The molecule has 0 aliphatic carbocycles. The smallest absolute Gasteiger partial charge is 0.326 e. The number of hydrogen-bond acceptors (Lipinski definition) is 2. The summed E-state index contributed by atoms with van der Waals surface area (Å²) in [7, 11) is 0. The van der Waals surface area contributed by atoms with Crippen molar-refractivity contribution in [2.45, 2.75) is 33.2 Å². The second kappa shape index (κ2) is 5.88. The third kappa shape index (κ3) is 2.61. The van der Waals surface area contributed by atoms with E-state index < -0.39 is 12.0 Å². The second-order valence-electron chi connectivity index (χ2n) is 5.86. The van der Waals surface area contributed by atoms with Crippen molar-refractivity contribution in [1.29, 1.82) is 0 Å². The van der Waals surface area contributed by atoms with Crippen molar-refractivity contribution in [3.63, 3.8) is 0 Å². The number of rotatable bonds is 4. The van der Waals surface area contributed by atoms with Crippen LogP contribution >= 0.6 is 0 Å². The van der Waals surface area contributed by atoms with E-state index in [0.717, 1.165) is 16.6 Å². The minimum Gasteiger partial charge on any atom is -0.480 e. The first kappa shape index (κ1) is 15.3. The van der Waals surface area contributed by atoms with E-state index in [9.17, 15) is 9.90 Å². The fourth-order valence-electron chi connectivity index (χ4n) is 2.91. The number of carboxylic acid groups (broad SMARTS) is 1. The Morgan fingerprint density at radius 2 is 1.91 bits per heavy atom. The Morgan fingerprint density at radius 3 is 2.57 bits per heavy atom. The molecule has 23 heavy (non-hydrogen) atoms. The van der Waals surface area contributed by atoms with Crippen molar-refractivity contribution in [3.05, 3.63) is 53.6 Å². The average Bonchev–Trinajstić information content (AvgIpc) is 2.90. The number of fused-ring (bicyclic) bond motifs is 1. The zero-order valence-electron chi connectivity index (χ0n) is 13.6. The summed E-state index contributed by atoms with van der Waals surface area (Å²) in [5.41, 5.74) is 5.01. The molecule has 1 heterocycles. The van der Waals surface area contributed by atoms with Crippen LogP contribution in [-0.4, -0.2) is 20.6 Å². The minimum absolute atomic E-state index is 0.507. The minimum atomic E-state index is -0.833. The fraction of sp³-hybridized carbons (Fsp3) is 0.263. The van der Waals surface area contributed by atoms with Gasteiger partial charge in [-0.15, -0.1) is 0 Å². The Hall–Kier alpha value is -2.62. The first-order valence-electron chi connectivity index (χ1n) is 7.80. The van der Waals surface area contributed by atoms with Crippen molar-refractivity contribution in [3.8, 4) is 11.4 Å². The second-order valence-corrected chi connectivity index (χ2v) is 5.86. The number of aliphatic carboxylic acids is 1. The quantitative estimate of drug-likeness (QED) is 0.779. The van der Waals surface area contributed by atoms with Crippen LogP contribution in [0.4, 0.5) is 0 Å². The molecule has 0 fully saturated rings. The van der Waals surface area contributed by atoms with Gasteiger partial charge in [-0.2, -0.15) is 0 Å². The number of hydrogen-bond donors (Lipinski definition) is 1. The number of carboxylic acids is 1. The highest BCUT2D eigenvalue weighted by Crippen LogP contribution is 2.30. The molecular formula is C19H20N2O2. The van der Waals surface area contributed by atoms with Crippen LogP contribution in [0.5, 0.6) is 0 Å². The van der Waals surface area contributed by atoms with E-state index in [2.05, 4.69) is 26.0 Å². The maximum Gasteiger partial charge on any atom is 0.326 e. The van der Waals surface area contributed by atoms with Crippen LogP contribution in [0.15, 0.2) is 42.5 Å². The van der Waals surface area contributed by atoms with Crippen LogP contribution in [0.2, 0.25) is 0 Å². The Balaban J connectivity index is 2.31. The highest BCUT2D eigenvalue weighted by atomic mass is 16.4. The SMILES string of the molecule is CCC(C(=O)O)n1c(-c2ccc(C)c(C)c2)nc2ccccc21. The van der Waals surface area contributed by atoms with Gasteiger partial charge in [0.1, 0.15) is 11.9 Å². The van der Waals surface area contributed by atoms with E-state index in [1.54, 1.807) is 0 Å². The molecule has 0 saturated heterocycles. The summed E-state index contributed by atoms with van der Waals surface area (Å²) < 4.78 is 1.85. The molecular weight excluding hydrogens is 288 g/mol. The Labute approximate surface area is 135 Å². The fourth-order valence-corrected chi connectivity index (χ4v) is 2.91. The van der Waals surface area contributed by atoms with Crippen molar-refractivity contribution >= 4 is 17.0 Å². The van der Waals surface area contributed by atoms with Gasteiger partial charge in [-0.3, -0.25) is 0 Å². The molecule has 0 aliphatic heterocycles. The van der Waals surface area contributed by atoms with E-state index in [1.807, 2.05) is 41.8 Å². The Morgan fingerprint density at radius 1 is 1.17 bits per heavy atom. The van der Waals surface area contributed by atoms with E-state index in [4.69, 9.17) is 4.98 Å². The number of para-hydroxylation sites is 2. The molecule has 0 bridgehead atoms. The number of aryl methyl sites for hydroxylation is 2. The maximum atomic E-state index is 11.7. The molecule has 1 aromatic heterocycles. The van der Waals surface area contributed by atoms with Gasteiger partial charge >= 0.3 is 5.97 Å². The van der Waals surface area contributed by atoms with Crippen molar-refractivity contribution < 1.29 is 9.90 Å². The molecule has 0 saturated carbocycles. The largest absolute Gasteiger partial charge is 0.480 e. The van der Waals surface area contributed by atoms with E-state index in [-0.39, 0.29) is 0 Å². The average molecular weight is 308 g/mol. The third-order valence-electron chi connectivity index (χ3n) is 4.34. The Kier molecular flexibility index (Phi) is 3.90. The van der Waals surface area contributed by atoms with Gasteiger partial charge in [-0.1, -0.05) is 31.2 Å². The standard InChI is InChI=1S/C19H20N2O2/c1-4-16(19(22)23)21-17-8-6-5-7-15(17)20-18(21)14-10-9-12(2)13(3)11-14/h5-11,16H,4H2,1-3H3,(H,22,23). The number of benzene rings is 2. The van der Waals surface area contributed by atoms with Gasteiger partial charge in [-0.25, -0.2) is 9.78 Å². The number of nitrogens with zero attached hydrogens (tertiary/aromatic N) is 2. The number of imidazole rings is 1. The molecule has 1 N–H and O–H groups in total. The van der Waals surface area contributed by atoms with Gasteiger partial charge in [0.2, 0.25) is 0 Å². The summed E-state index contributed by atoms with van der Waals surface area (Å²) in [5, 5.41) is 9.63. The summed E-state index contributed by atoms with van der Waals surface area (Å²) in [5.74, 6) is -0.121. The molecule has 0 amide bonds. The summed E-state index contributed by atoms with van der Waals surface area (Å²) in [6, 6.07) is 13.2. The normalized spacial score (nSPS) is 12.5. The van der Waals surface area contributed by atoms with Gasteiger partial charge in [0.05, 0.1) is 11.0 Å². The van der Waals surface area contributed by atoms with E-state index in [1.165, 1.54) is 11.1 Å². The lowest BCUT2D eigenvalue weighted by Gasteiger charge is -2.17. The van der Waals surface area contributed by atoms with Crippen molar-refractivity contribution in [2.75, 3.05) is 0 Å². The first-order chi connectivity index (χ1) is 11.0. The highest BCUT2D eigenvalue weighted by Gasteiger charge is 2.24. The third-order valence-corrected chi connectivity index (χ3v) is 4.34. The van der Waals surface area contributed by atoms with Gasteiger partial charge in [0.25, 0.3) is 0 Å². The first-order valence-corrected chi connectivity index (χ1v) is 7.80. The van der Waals surface area contributed by atoms with Crippen molar-refractivity contribution in [1.82, 2.24) is 9.55 Å². The van der Waals surface area contributed by atoms with Gasteiger partial charge in [0, 0.05) is 5.56 Å². The van der Waals surface area contributed by atoms with E-state index in [0.29, 0.717) is 12.2 Å². The molecule has 0 radical (unpaired) electrons. The molecule has 1 atom stereocenters. The predicted molar refractivity (Wildman–Crippen MR) is 91.6 cm³/mol. The highest BCUT2D eigenvalue weighted by molar-refractivity contribution is 5.84. The lowest BCUT2D eigenvalue weighted by atomic mass is 10.1. The molecule has 3 rings (SSSR count). The predicted octanol–water partition coefficient (Wildman–Crippen LogP) is 4.36. The van der Waals surface area contributed by atoms with Crippen LogP contribution in [0.3, 0.4) is 0 Å². The zero-order valence-corrected chi connectivity index (χ0v) is 13.6. The van der Waals surface area contributed by atoms with Crippen LogP contribution in [0.1, 0.15) is 30.5 Å². The van der Waals surface area contributed by atoms with Gasteiger partial charge < -0.3 is 9.67 Å². The summed E-state index contributed by atoms with van der Waals surface area (Å²) in [4.78, 5) is 16.4. The van der Waals surface area contributed by atoms with Crippen LogP contribution in [-0.2, 0) is 4.79 Å². The van der Waals surface area contributed by atoms with Crippen molar-refractivity contribution in [2.24, 2.45) is 0 Å². The summed E-state index contributed by atoms with van der Waals surface area (Å²) >= 11 is 0. The van der Waals surface area contributed by atoms with Gasteiger partial charge in [-0.05, 0) is 49.6 Å². The molecule has 3 aromatic rings. The monoisotopic (exact) mass is 308 g/mol. The Bertz CT molecular complexity index is 880. The summed E-state index contributed by atoms with van der Waals surface area (Å²) in [6.07, 6.45) is 0.507. The van der Waals surface area contributed by atoms with Crippen LogP contribution in [0, 0.1) is 13.8 Å². The molecule has 4 nitrogen and oxygen atoms in total. The number of carbonyl (C=O) groups is 1.